The van der Waals surface area contributed by atoms with Crippen LogP contribution in [0.25, 0.3) is 0 Å². The third-order valence-electron chi connectivity index (χ3n) is 3.73. The highest BCUT2D eigenvalue weighted by molar-refractivity contribution is 5.75. The Morgan fingerprint density at radius 3 is 2.78 bits per heavy atom. The first kappa shape index (κ1) is 13.6. The van der Waals surface area contributed by atoms with Crippen LogP contribution in [0.5, 0.6) is 0 Å². The van der Waals surface area contributed by atoms with Gasteiger partial charge in [0.25, 0.3) is 0 Å². The van der Waals surface area contributed by atoms with Gasteiger partial charge in [-0.1, -0.05) is 6.92 Å². The number of hydrogen-bond acceptors (Lipinski definition) is 3. The fraction of sp³-hybridized carbons (Fsp3) is 0.923. The maximum absolute atomic E-state index is 12.3. The summed E-state index contributed by atoms with van der Waals surface area (Å²) in [5, 5.41) is 6.45. The second-order valence-corrected chi connectivity index (χ2v) is 5.18. The predicted molar refractivity (Wildman–Crippen MR) is 70.6 cm³/mol. The minimum atomic E-state index is 0.0965. The molecular weight excluding hydrogens is 230 g/mol. The highest BCUT2D eigenvalue weighted by Crippen LogP contribution is 2.13. The van der Waals surface area contributed by atoms with Crippen LogP contribution >= 0.6 is 0 Å². The Balaban J connectivity index is 1.87. The summed E-state index contributed by atoms with van der Waals surface area (Å²) in [6.07, 6.45) is 4.08. The average Bonchev–Trinajstić information content (AvgIpc) is 2.89. The fourth-order valence-corrected chi connectivity index (χ4v) is 2.72. The molecule has 5 nitrogen and oxygen atoms in total. The van der Waals surface area contributed by atoms with Gasteiger partial charge in [0.1, 0.15) is 0 Å². The lowest BCUT2D eigenvalue weighted by Crippen LogP contribution is -2.52. The number of piperidine rings is 1. The lowest BCUT2D eigenvalue weighted by Gasteiger charge is -2.35. The number of carbonyl (C=O) groups excluding carboxylic acids is 1. The average molecular weight is 255 g/mol. The van der Waals surface area contributed by atoms with Gasteiger partial charge in [-0.3, -0.25) is 0 Å². The number of amides is 2. The van der Waals surface area contributed by atoms with Crippen molar-refractivity contribution >= 4 is 6.03 Å². The Kier molecular flexibility index (Phi) is 5.26. The first-order chi connectivity index (χ1) is 8.81. The van der Waals surface area contributed by atoms with E-state index in [1.807, 2.05) is 4.90 Å². The smallest absolute Gasteiger partial charge is 0.317 e. The lowest BCUT2D eigenvalue weighted by molar-refractivity contribution is 0.151. The molecule has 2 aliphatic heterocycles. The van der Waals surface area contributed by atoms with Crippen molar-refractivity contribution in [2.45, 2.75) is 44.7 Å². The summed E-state index contributed by atoms with van der Waals surface area (Å²) < 4.78 is 5.30. The Morgan fingerprint density at radius 2 is 2.17 bits per heavy atom. The number of nitrogens with zero attached hydrogens (tertiary/aromatic N) is 1. The standard InChI is InChI=1S/C13H25N3O2/c1-2-8-16(12-3-6-14-7-4-12)13(17)15-11-5-9-18-10-11/h11-12,14H,2-10H2,1H3,(H,15,17). The third-order valence-corrected chi connectivity index (χ3v) is 3.73. The number of urea groups is 1. The van der Waals surface area contributed by atoms with Crippen LogP contribution in [0.15, 0.2) is 0 Å². The normalized spacial score (nSPS) is 25.1. The molecule has 0 aromatic rings. The van der Waals surface area contributed by atoms with Crippen molar-refractivity contribution < 1.29 is 9.53 Å². The van der Waals surface area contributed by atoms with Gasteiger partial charge in [-0.25, -0.2) is 4.79 Å². The zero-order valence-corrected chi connectivity index (χ0v) is 11.3. The highest BCUT2D eigenvalue weighted by atomic mass is 16.5. The van der Waals surface area contributed by atoms with Crippen LogP contribution in [-0.2, 0) is 4.74 Å². The van der Waals surface area contributed by atoms with Crippen molar-refractivity contribution in [1.82, 2.24) is 15.5 Å². The Labute approximate surface area is 109 Å². The zero-order valence-electron chi connectivity index (χ0n) is 11.3. The van der Waals surface area contributed by atoms with Crippen LogP contribution in [-0.4, -0.2) is 55.9 Å². The van der Waals surface area contributed by atoms with Gasteiger partial charge in [0.2, 0.25) is 0 Å². The molecule has 1 unspecified atom stereocenters. The first-order valence-electron chi connectivity index (χ1n) is 7.17. The van der Waals surface area contributed by atoms with Gasteiger partial charge in [-0.15, -0.1) is 0 Å². The maximum Gasteiger partial charge on any atom is 0.317 e. The molecule has 0 radical (unpaired) electrons. The van der Waals surface area contributed by atoms with E-state index in [1.165, 1.54) is 0 Å². The van der Waals surface area contributed by atoms with E-state index in [9.17, 15) is 4.79 Å². The van der Waals surface area contributed by atoms with E-state index in [4.69, 9.17) is 4.74 Å². The summed E-state index contributed by atoms with van der Waals surface area (Å²) in [7, 11) is 0. The second-order valence-electron chi connectivity index (χ2n) is 5.18. The van der Waals surface area contributed by atoms with E-state index >= 15 is 0 Å². The van der Waals surface area contributed by atoms with Crippen molar-refractivity contribution in [3.8, 4) is 0 Å². The molecule has 0 bridgehead atoms. The molecule has 2 N–H and O–H groups in total. The van der Waals surface area contributed by atoms with E-state index < -0.39 is 0 Å². The molecule has 0 aliphatic carbocycles. The Bertz CT molecular complexity index is 261. The molecule has 2 heterocycles. The topological polar surface area (TPSA) is 53.6 Å². The first-order valence-corrected chi connectivity index (χ1v) is 7.17. The number of nitrogens with one attached hydrogen (secondary N) is 2. The van der Waals surface area contributed by atoms with Gasteiger partial charge in [0.05, 0.1) is 12.6 Å². The molecular formula is C13H25N3O2. The summed E-state index contributed by atoms with van der Waals surface area (Å²) >= 11 is 0. The van der Waals surface area contributed by atoms with Crippen LogP contribution in [0.4, 0.5) is 4.79 Å². The molecule has 2 fully saturated rings. The Morgan fingerprint density at radius 1 is 1.39 bits per heavy atom. The van der Waals surface area contributed by atoms with Crippen molar-refractivity contribution in [1.29, 1.82) is 0 Å². The molecule has 0 aromatic heterocycles. The molecule has 2 rings (SSSR count). The van der Waals surface area contributed by atoms with Gasteiger partial charge >= 0.3 is 6.03 Å². The number of ether oxygens (including phenoxy) is 1. The van der Waals surface area contributed by atoms with Crippen LogP contribution < -0.4 is 10.6 Å². The monoisotopic (exact) mass is 255 g/mol. The summed E-state index contributed by atoms with van der Waals surface area (Å²) in [5.74, 6) is 0. The molecule has 1 atom stereocenters. The van der Waals surface area contributed by atoms with E-state index in [-0.39, 0.29) is 12.1 Å². The SMILES string of the molecule is CCCN(C(=O)NC1CCOC1)C1CCNCC1. The summed E-state index contributed by atoms with van der Waals surface area (Å²) in [6, 6.07) is 0.700. The molecule has 0 spiro atoms. The number of carbonyl (C=O) groups is 1. The highest BCUT2D eigenvalue weighted by Gasteiger charge is 2.27. The van der Waals surface area contributed by atoms with Crippen molar-refractivity contribution in [3.05, 3.63) is 0 Å². The molecule has 104 valence electrons. The van der Waals surface area contributed by atoms with E-state index in [0.29, 0.717) is 12.6 Å². The summed E-state index contributed by atoms with van der Waals surface area (Å²) in [4.78, 5) is 14.4. The maximum atomic E-state index is 12.3. The minimum absolute atomic E-state index is 0.0965. The predicted octanol–water partition coefficient (Wildman–Crippen LogP) is 0.949. The molecule has 18 heavy (non-hydrogen) atoms. The minimum Gasteiger partial charge on any atom is -0.379 e. The molecule has 2 amide bonds. The molecule has 0 saturated carbocycles. The number of rotatable bonds is 4. The summed E-state index contributed by atoms with van der Waals surface area (Å²) in [5.41, 5.74) is 0. The van der Waals surface area contributed by atoms with Crippen LogP contribution in [0.1, 0.15) is 32.6 Å². The van der Waals surface area contributed by atoms with Gasteiger partial charge < -0.3 is 20.3 Å². The van der Waals surface area contributed by atoms with Gasteiger partial charge in [0.15, 0.2) is 0 Å². The fourth-order valence-electron chi connectivity index (χ4n) is 2.72. The largest absolute Gasteiger partial charge is 0.379 e. The quantitative estimate of drug-likeness (QED) is 0.786. The zero-order chi connectivity index (χ0) is 12.8. The van der Waals surface area contributed by atoms with Gasteiger partial charge in [-0.05, 0) is 38.8 Å². The van der Waals surface area contributed by atoms with Crippen molar-refractivity contribution in [3.63, 3.8) is 0 Å². The van der Waals surface area contributed by atoms with E-state index in [2.05, 4.69) is 17.6 Å². The molecule has 5 heteroatoms. The van der Waals surface area contributed by atoms with Crippen molar-refractivity contribution in [2.24, 2.45) is 0 Å². The van der Waals surface area contributed by atoms with E-state index in [0.717, 1.165) is 51.9 Å². The number of hydrogen-bond donors (Lipinski definition) is 2. The Hall–Kier alpha value is -0.810. The van der Waals surface area contributed by atoms with E-state index in [1.54, 1.807) is 0 Å². The molecule has 0 aromatic carbocycles. The molecule has 2 saturated heterocycles. The van der Waals surface area contributed by atoms with Crippen molar-refractivity contribution in [2.75, 3.05) is 32.8 Å². The lowest BCUT2D eigenvalue weighted by atomic mass is 10.0. The van der Waals surface area contributed by atoms with Crippen LogP contribution in [0, 0.1) is 0 Å². The molecule has 2 aliphatic rings. The van der Waals surface area contributed by atoms with Crippen LogP contribution in [0.2, 0.25) is 0 Å². The van der Waals surface area contributed by atoms with Crippen LogP contribution in [0.3, 0.4) is 0 Å². The van der Waals surface area contributed by atoms with Gasteiger partial charge in [-0.2, -0.15) is 0 Å². The summed E-state index contributed by atoms with van der Waals surface area (Å²) in [6.45, 7) is 6.45. The second kappa shape index (κ2) is 6.95. The van der Waals surface area contributed by atoms with Gasteiger partial charge in [0, 0.05) is 19.2 Å². The third kappa shape index (κ3) is 3.59.